The Morgan fingerprint density at radius 3 is 3.09 bits per heavy atom. The van der Waals surface area contributed by atoms with Crippen LogP contribution < -0.4 is 0 Å². The highest BCUT2D eigenvalue weighted by atomic mass is 35.5. The molecule has 0 radical (unpaired) electrons. The maximum Gasteiger partial charge on any atom is 0.130 e. The first-order valence-electron chi connectivity index (χ1n) is 3.57. The average Bonchev–Trinajstić information content (AvgIpc) is 2.01. The van der Waals surface area contributed by atoms with Crippen LogP contribution in [-0.4, -0.2) is 10.7 Å². The fourth-order valence-electron chi connectivity index (χ4n) is 0.694. The van der Waals surface area contributed by atoms with Crippen molar-refractivity contribution in [3.63, 3.8) is 0 Å². The second kappa shape index (κ2) is 4.62. The SMILES string of the molecule is CCCSc1ccnc(Cl)c1. The number of pyridine rings is 1. The van der Waals surface area contributed by atoms with Crippen molar-refractivity contribution in [1.82, 2.24) is 4.98 Å². The summed E-state index contributed by atoms with van der Waals surface area (Å²) in [6.07, 6.45) is 2.92. The zero-order chi connectivity index (χ0) is 8.10. The average molecular weight is 188 g/mol. The summed E-state index contributed by atoms with van der Waals surface area (Å²) < 4.78 is 0. The molecule has 11 heavy (non-hydrogen) atoms. The van der Waals surface area contributed by atoms with Crippen molar-refractivity contribution in [2.75, 3.05) is 5.75 Å². The van der Waals surface area contributed by atoms with Crippen molar-refractivity contribution in [1.29, 1.82) is 0 Å². The van der Waals surface area contributed by atoms with Crippen molar-refractivity contribution in [3.05, 3.63) is 23.5 Å². The van der Waals surface area contributed by atoms with Gasteiger partial charge in [-0.15, -0.1) is 11.8 Å². The first-order valence-corrected chi connectivity index (χ1v) is 4.93. The van der Waals surface area contributed by atoms with E-state index in [2.05, 4.69) is 11.9 Å². The summed E-state index contributed by atoms with van der Waals surface area (Å²) >= 11 is 7.51. The van der Waals surface area contributed by atoms with Gasteiger partial charge in [-0.1, -0.05) is 18.5 Å². The number of hydrogen-bond donors (Lipinski definition) is 0. The van der Waals surface area contributed by atoms with Gasteiger partial charge in [0.05, 0.1) is 0 Å². The molecule has 0 aromatic carbocycles. The van der Waals surface area contributed by atoms with E-state index in [0.29, 0.717) is 5.15 Å². The third kappa shape index (κ3) is 3.12. The molecule has 0 aliphatic rings. The van der Waals surface area contributed by atoms with Crippen LogP contribution in [0.3, 0.4) is 0 Å². The molecule has 3 heteroatoms. The van der Waals surface area contributed by atoms with Gasteiger partial charge in [0, 0.05) is 11.1 Å². The minimum Gasteiger partial charge on any atom is -0.244 e. The molecule has 1 aromatic rings. The van der Waals surface area contributed by atoms with E-state index in [9.17, 15) is 0 Å². The molecule has 0 fully saturated rings. The summed E-state index contributed by atoms with van der Waals surface area (Å²) in [5.74, 6) is 1.14. The van der Waals surface area contributed by atoms with Crippen LogP contribution >= 0.6 is 23.4 Å². The van der Waals surface area contributed by atoms with Gasteiger partial charge in [0.15, 0.2) is 0 Å². The number of aromatic nitrogens is 1. The van der Waals surface area contributed by atoms with E-state index < -0.39 is 0 Å². The summed E-state index contributed by atoms with van der Waals surface area (Å²) in [7, 11) is 0. The molecular weight excluding hydrogens is 178 g/mol. The highest BCUT2D eigenvalue weighted by Gasteiger charge is 1.93. The topological polar surface area (TPSA) is 12.9 Å². The molecule has 0 spiro atoms. The molecule has 0 saturated carbocycles. The van der Waals surface area contributed by atoms with Gasteiger partial charge >= 0.3 is 0 Å². The van der Waals surface area contributed by atoms with Gasteiger partial charge in [-0.25, -0.2) is 4.98 Å². The zero-order valence-electron chi connectivity index (χ0n) is 6.38. The monoisotopic (exact) mass is 187 g/mol. The smallest absolute Gasteiger partial charge is 0.130 e. The Bertz CT molecular complexity index is 227. The first-order chi connectivity index (χ1) is 5.33. The second-order valence-electron chi connectivity index (χ2n) is 2.16. The summed E-state index contributed by atoms with van der Waals surface area (Å²) in [6, 6.07) is 3.87. The van der Waals surface area contributed by atoms with Crippen molar-refractivity contribution in [2.24, 2.45) is 0 Å². The Labute approximate surface area is 76.2 Å². The summed E-state index contributed by atoms with van der Waals surface area (Å²) in [4.78, 5) is 5.10. The molecule has 0 bridgehead atoms. The van der Waals surface area contributed by atoms with E-state index in [4.69, 9.17) is 11.6 Å². The maximum atomic E-state index is 5.70. The van der Waals surface area contributed by atoms with Crippen LogP contribution in [0.1, 0.15) is 13.3 Å². The van der Waals surface area contributed by atoms with Gasteiger partial charge in [-0.2, -0.15) is 0 Å². The minimum absolute atomic E-state index is 0.575. The van der Waals surface area contributed by atoms with E-state index in [1.807, 2.05) is 23.9 Å². The van der Waals surface area contributed by atoms with Gasteiger partial charge in [-0.05, 0) is 24.3 Å². The Balaban J connectivity index is 2.56. The molecule has 0 aliphatic carbocycles. The zero-order valence-corrected chi connectivity index (χ0v) is 7.95. The lowest BCUT2D eigenvalue weighted by Crippen LogP contribution is -1.77. The lowest BCUT2D eigenvalue weighted by Gasteiger charge is -1.97. The standard InChI is InChI=1S/C8H10ClNS/c1-2-5-11-7-3-4-10-8(9)6-7/h3-4,6H,2,5H2,1H3. The summed E-state index contributed by atoms with van der Waals surface area (Å²) in [5, 5.41) is 0.575. The van der Waals surface area contributed by atoms with Crippen molar-refractivity contribution < 1.29 is 0 Å². The highest BCUT2D eigenvalue weighted by Crippen LogP contribution is 2.20. The van der Waals surface area contributed by atoms with E-state index in [0.717, 1.165) is 5.75 Å². The Hall–Kier alpha value is -0.210. The lowest BCUT2D eigenvalue weighted by molar-refractivity contribution is 1.10. The van der Waals surface area contributed by atoms with Crippen LogP contribution in [0.15, 0.2) is 23.2 Å². The third-order valence-electron chi connectivity index (χ3n) is 1.17. The largest absolute Gasteiger partial charge is 0.244 e. The van der Waals surface area contributed by atoms with Gasteiger partial charge in [0.2, 0.25) is 0 Å². The van der Waals surface area contributed by atoms with Gasteiger partial charge < -0.3 is 0 Å². The Kier molecular flexibility index (Phi) is 3.73. The molecule has 0 unspecified atom stereocenters. The molecule has 0 aliphatic heterocycles. The number of rotatable bonds is 3. The fraction of sp³-hybridized carbons (Fsp3) is 0.375. The van der Waals surface area contributed by atoms with Gasteiger partial charge in [-0.3, -0.25) is 0 Å². The molecule has 0 atom stereocenters. The number of hydrogen-bond acceptors (Lipinski definition) is 2. The minimum atomic E-state index is 0.575. The Morgan fingerprint density at radius 1 is 1.64 bits per heavy atom. The molecule has 0 N–H and O–H groups in total. The van der Waals surface area contributed by atoms with Crippen LogP contribution in [0.4, 0.5) is 0 Å². The third-order valence-corrected chi connectivity index (χ3v) is 2.58. The lowest BCUT2D eigenvalue weighted by atomic mass is 10.5. The molecule has 0 saturated heterocycles. The van der Waals surface area contributed by atoms with Gasteiger partial charge in [0.25, 0.3) is 0 Å². The van der Waals surface area contributed by atoms with Crippen LogP contribution in [0.2, 0.25) is 5.15 Å². The van der Waals surface area contributed by atoms with Gasteiger partial charge in [0.1, 0.15) is 5.15 Å². The quantitative estimate of drug-likeness (QED) is 0.532. The number of halogens is 1. The molecule has 1 nitrogen and oxygen atoms in total. The van der Waals surface area contributed by atoms with E-state index in [-0.39, 0.29) is 0 Å². The van der Waals surface area contributed by atoms with Crippen LogP contribution in [-0.2, 0) is 0 Å². The normalized spacial score (nSPS) is 10.0. The molecule has 60 valence electrons. The van der Waals surface area contributed by atoms with Crippen LogP contribution in [0, 0.1) is 0 Å². The number of nitrogens with zero attached hydrogens (tertiary/aromatic N) is 1. The molecule has 1 heterocycles. The predicted octanol–water partition coefficient (Wildman–Crippen LogP) is 3.24. The van der Waals surface area contributed by atoms with E-state index in [1.54, 1.807) is 6.20 Å². The van der Waals surface area contributed by atoms with E-state index >= 15 is 0 Å². The second-order valence-corrected chi connectivity index (χ2v) is 3.72. The predicted molar refractivity (Wildman–Crippen MR) is 50.3 cm³/mol. The first kappa shape index (κ1) is 8.88. The van der Waals surface area contributed by atoms with Crippen LogP contribution in [0.5, 0.6) is 0 Å². The maximum absolute atomic E-state index is 5.70. The summed E-state index contributed by atoms with van der Waals surface area (Å²) in [6.45, 7) is 2.16. The van der Waals surface area contributed by atoms with E-state index in [1.165, 1.54) is 11.3 Å². The molecular formula is C8H10ClNS. The molecule has 1 rings (SSSR count). The highest BCUT2D eigenvalue weighted by molar-refractivity contribution is 7.99. The fourth-order valence-corrected chi connectivity index (χ4v) is 1.72. The summed E-state index contributed by atoms with van der Waals surface area (Å²) in [5.41, 5.74) is 0. The Morgan fingerprint density at radius 2 is 2.45 bits per heavy atom. The van der Waals surface area contributed by atoms with Crippen molar-refractivity contribution in [2.45, 2.75) is 18.2 Å². The number of thioether (sulfide) groups is 1. The molecule has 0 amide bonds. The molecule has 1 aromatic heterocycles. The van der Waals surface area contributed by atoms with Crippen molar-refractivity contribution >= 4 is 23.4 Å². The van der Waals surface area contributed by atoms with Crippen molar-refractivity contribution in [3.8, 4) is 0 Å². The van der Waals surface area contributed by atoms with Crippen LogP contribution in [0.25, 0.3) is 0 Å².